The van der Waals surface area contributed by atoms with Crippen LogP contribution < -0.4 is 0 Å². The first kappa shape index (κ1) is 16.7. The van der Waals surface area contributed by atoms with Crippen molar-refractivity contribution in [3.05, 3.63) is 0 Å². The topological polar surface area (TPSA) is 57.6 Å². The molecule has 1 atom stereocenters. The van der Waals surface area contributed by atoms with Crippen LogP contribution in [0.3, 0.4) is 0 Å². The third kappa shape index (κ3) is 3.82. The molecule has 0 aliphatic carbocycles. The zero-order valence-electron chi connectivity index (χ0n) is 11.1. The zero-order chi connectivity index (χ0) is 14.9. The lowest BCUT2D eigenvalue weighted by molar-refractivity contribution is -0.270. The van der Waals surface area contributed by atoms with E-state index in [4.69, 9.17) is 0 Å². The molecule has 0 bridgehead atoms. The molecule has 0 aromatic rings. The smallest absolute Gasteiger partial charge is 0.380 e. The number of alkyl halides is 3. The Labute approximate surface area is 111 Å². The first-order valence-corrected chi connectivity index (χ1v) is 7.89. The molecule has 1 rings (SSSR count). The molecule has 1 fully saturated rings. The fraction of sp³-hybridized carbons (Fsp3) is 1.00. The highest BCUT2D eigenvalue weighted by molar-refractivity contribution is 7.89. The third-order valence-electron chi connectivity index (χ3n) is 3.66. The quantitative estimate of drug-likeness (QED) is 0.861. The highest BCUT2D eigenvalue weighted by atomic mass is 32.2. The van der Waals surface area contributed by atoms with Crippen molar-refractivity contribution in [2.75, 3.05) is 18.8 Å². The zero-order valence-corrected chi connectivity index (χ0v) is 11.9. The highest BCUT2D eigenvalue weighted by Gasteiger charge is 2.55. The molecule has 0 radical (unpaired) electrons. The fourth-order valence-electron chi connectivity index (χ4n) is 2.00. The van der Waals surface area contributed by atoms with E-state index in [-0.39, 0.29) is 24.8 Å². The van der Waals surface area contributed by atoms with Crippen molar-refractivity contribution in [3.63, 3.8) is 0 Å². The van der Waals surface area contributed by atoms with Crippen LogP contribution in [-0.4, -0.2) is 48.4 Å². The molecule has 0 aromatic heterocycles. The molecule has 1 aliphatic heterocycles. The number of aliphatic hydroxyl groups is 1. The van der Waals surface area contributed by atoms with Crippen LogP contribution in [0.25, 0.3) is 0 Å². The lowest BCUT2D eigenvalue weighted by Gasteiger charge is -2.38. The van der Waals surface area contributed by atoms with E-state index in [0.29, 0.717) is 6.42 Å². The lowest BCUT2D eigenvalue weighted by atomic mass is 9.92. The van der Waals surface area contributed by atoms with Crippen LogP contribution in [0.1, 0.15) is 33.1 Å². The van der Waals surface area contributed by atoms with Crippen molar-refractivity contribution in [1.82, 2.24) is 4.31 Å². The minimum absolute atomic E-state index is 0.0339. The minimum Gasteiger partial charge on any atom is -0.380 e. The molecule has 19 heavy (non-hydrogen) atoms. The van der Waals surface area contributed by atoms with Gasteiger partial charge in [-0.25, -0.2) is 12.7 Å². The van der Waals surface area contributed by atoms with E-state index in [0.717, 1.165) is 4.31 Å². The first-order valence-electron chi connectivity index (χ1n) is 6.29. The van der Waals surface area contributed by atoms with E-state index in [9.17, 15) is 26.7 Å². The second kappa shape index (κ2) is 5.57. The molecule has 114 valence electrons. The summed E-state index contributed by atoms with van der Waals surface area (Å²) in [7, 11) is -3.54. The molecule has 0 spiro atoms. The molecular formula is C11H20F3NO3S. The Balaban J connectivity index is 2.69. The Bertz CT molecular complexity index is 400. The maximum atomic E-state index is 12.6. The highest BCUT2D eigenvalue weighted by Crippen LogP contribution is 2.38. The van der Waals surface area contributed by atoms with Crippen molar-refractivity contribution in [2.24, 2.45) is 5.92 Å². The molecule has 0 amide bonds. The Morgan fingerprint density at radius 2 is 1.79 bits per heavy atom. The van der Waals surface area contributed by atoms with Gasteiger partial charge in [0.1, 0.15) is 0 Å². The summed E-state index contributed by atoms with van der Waals surface area (Å²) in [5.41, 5.74) is -2.75. The van der Waals surface area contributed by atoms with Gasteiger partial charge in [0, 0.05) is 13.1 Å². The molecule has 0 aromatic carbocycles. The van der Waals surface area contributed by atoms with Gasteiger partial charge >= 0.3 is 6.18 Å². The van der Waals surface area contributed by atoms with Gasteiger partial charge in [-0.2, -0.15) is 13.2 Å². The Morgan fingerprint density at radius 1 is 1.32 bits per heavy atom. The van der Waals surface area contributed by atoms with Crippen LogP contribution in [0.2, 0.25) is 0 Å². The Kier molecular flexibility index (Phi) is 4.90. The fourth-order valence-corrected chi connectivity index (χ4v) is 3.91. The SMILES string of the molecule is CCC(C)CS(=O)(=O)N1CCC(O)(C(F)(F)F)CC1. The summed E-state index contributed by atoms with van der Waals surface area (Å²) in [6.07, 6.45) is -5.22. The number of piperidine rings is 1. The van der Waals surface area contributed by atoms with E-state index >= 15 is 0 Å². The van der Waals surface area contributed by atoms with Crippen molar-refractivity contribution in [1.29, 1.82) is 0 Å². The molecule has 1 N–H and O–H groups in total. The number of sulfonamides is 1. The van der Waals surface area contributed by atoms with E-state index in [1.54, 1.807) is 6.92 Å². The van der Waals surface area contributed by atoms with Gasteiger partial charge in [-0.15, -0.1) is 0 Å². The first-order chi connectivity index (χ1) is 8.52. The number of hydrogen-bond donors (Lipinski definition) is 1. The van der Waals surface area contributed by atoms with Gasteiger partial charge in [0.25, 0.3) is 0 Å². The monoisotopic (exact) mass is 303 g/mol. The van der Waals surface area contributed by atoms with E-state index in [1.807, 2.05) is 6.92 Å². The molecule has 0 saturated carbocycles. The number of hydrogen-bond acceptors (Lipinski definition) is 3. The summed E-state index contributed by atoms with van der Waals surface area (Å²) in [4.78, 5) is 0. The predicted octanol–water partition coefficient (Wildman–Crippen LogP) is 1.75. The van der Waals surface area contributed by atoms with Crippen molar-refractivity contribution in [3.8, 4) is 0 Å². The van der Waals surface area contributed by atoms with Crippen LogP contribution in [0.5, 0.6) is 0 Å². The largest absolute Gasteiger partial charge is 0.417 e. The standard InChI is InChI=1S/C11H20F3NO3S/c1-3-9(2)8-19(17,18)15-6-4-10(16,5-7-15)11(12,13)14/h9,16H,3-8H2,1-2H3. The van der Waals surface area contributed by atoms with Gasteiger partial charge in [0.15, 0.2) is 5.60 Å². The molecular weight excluding hydrogens is 283 g/mol. The van der Waals surface area contributed by atoms with Gasteiger partial charge in [0.2, 0.25) is 10.0 Å². The van der Waals surface area contributed by atoms with Crippen LogP contribution >= 0.6 is 0 Å². The second-order valence-electron chi connectivity index (χ2n) is 5.22. The normalized spacial score (nSPS) is 23.3. The summed E-state index contributed by atoms with van der Waals surface area (Å²) in [5.74, 6) is -0.0954. The maximum Gasteiger partial charge on any atom is 0.417 e. The summed E-state index contributed by atoms with van der Waals surface area (Å²) in [6.45, 7) is 3.08. The summed E-state index contributed by atoms with van der Waals surface area (Å²) in [5, 5.41) is 9.47. The predicted molar refractivity (Wildman–Crippen MR) is 65.1 cm³/mol. The van der Waals surface area contributed by atoms with E-state index < -0.39 is 34.6 Å². The Hall–Kier alpha value is -0.340. The van der Waals surface area contributed by atoms with Crippen molar-refractivity contribution >= 4 is 10.0 Å². The molecule has 1 aliphatic rings. The van der Waals surface area contributed by atoms with Gasteiger partial charge in [-0.3, -0.25) is 0 Å². The maximum absolute atomic E-state index is 12.6. The van der Waals surface area contributed by atoms with E-state index in [1.165, 1.54) is 0 Å². The number of rotatable bonds is 4. The van der Waals surface area contributed by atoms with Crippen molar-refractivity contribution in [2.45, 2.75) is 44.9 Å². The minimum atomic E-state index is -4.71. The lowest BCUT2D eigenvalue weighted by Crippen LogP contribution is -2.54. The number of nitrogens with zero attached hydrogens (tertiary/aromatic N) is 1. The summed E-state index contributed by atoms with van der Waals surface area (Å²) in [6, 6.07) is 0. The van der Waals surface area contributed by atoms with Gasteiger partial charge < -0.3 is 5.11 Å². The van der Waals surface area contributed by atoms with Gasteiger partial charge in [-0.05, 0) is 18.8 Å². The summed E-state index contributed by atoms with van der Waals surface area (Å²) >= 11 is 0. The summed E-state index contributed by atoms with van der Waals surface area (Å²) < 4.78 is 62.8. The second-order valence-corrected chi connectivity index (χ2v) is 7.23. The van der Waals surface area contributed by atoms with Crippen LogP contribution in [0.15, 0.2) is 0 Å². The van der Waals surface area contributed by atoms with Gasteiger partial charge in [0.05, 0.1) is 5.75 Å². The van der Waals surface area contributed by atoms with Crippen LogP contribution in [0, 0.1) is 5.92 Å². The molecule has 1 unspecified atom stereocenters. The molecule has 1 saturated heterocycles. The van der Waals surface area contributed by atoms with Gasteiger partial charge in [-0.1, -0.05) is 20.3 Å². The van der Waals surface area contributed by atoms with E-state index in [2.05, 4.69) is 0 Å². The molecule has 4 nitrogen and oxygen atoms in total. The third-order valence-corrected chi connectivity index (χ3v) is 5.80. The average molecular weight is 303 g/mol. The van der Waals surface area contributed by atoms with Crippen LogP contribution in [0.4, 0.5) is 13.2 Å². The van der Waals surface area contributed by atoms with Crippen molar-refractivity contribution < 1.29 is 26.7 Å². The average Bonchev–Trinajstić information content (AvgIpc) is 2.27. The molecule has 1 heterocycles. The number of halogens is 3. The van der Waals surface area contributed by atoms with Crippen LogP contribution in [-0.2, 0) is 10.0 Å². The molecule has 8 heteroatoms. The Morgan fingerprint density at radius 3 is 2.16 bits per heavy atom.